The molecule has 0 aromatic carbocycles. The molecule has 0 bridgehead atoms. The van der Waals surface area contributed by atoms with Gasteiger partial charge in [-0.05, 0) is 103 Å². The zero-order valence-corrected chi connectivity index (χ0v) is 22.5. The summed E-state index contributed by atoms with van der Waals surface area (Å²) in [5.74, 6) is 1.30. The van der Waals surface area contributed by atoms with E-state index in [1.165, 1.54) is 5.57 Å². The molecule has 3 N–H and O–H groups in total. The van der Waals surface area contributed by atoms with Crippen molar-refractivity contribution in [1.29, 1.82) is 0 Å². The highest BCUT2D eigenvalue weighted by molar-refractivity contribution is 5.76. The van der Waals surface area contributed by atoms with Crippen molar-refractivity contribution in [1.82, 2.24) is 0 Å². The Morgan fingerprint density at radius 3 is 2.26 bits per heavy atom. The lowest BCUT2D eigenvalue weighted by Crippen LogP contribution is -2.67. The molecule has 192 valence electrons. The van der Waals surface area contributed by atoms with Gasteiger partial charge in [-0.3, -0.25) is 4.79 Å². The van der Waals surface area contributed by atoms with Crippen LogP contribution in [0.4, 0.5) is 0 Å². The van der Waals surface area contributed by atoms with Gasteiger partial charge in [-0.25, -0.2) is 0 Å². The molecule has 4 nitrogen and oxygen atoms in total. The molecular formula is C30H48O4. The molecule has 5 aliphatic carbocycles. The minimum absolute atomic E-state index is 0.00993. The molecule has 0 aromatic rings. The highest BCUT2D eigenvalue weighted by Crippen LogP contribution is 2.75. The van der Waals surface area contributed by atoms with E-state index in [9.17, 15) is 20.1 Å². The topological polar surface area (TPSA) is 77.8 Å². The zero-order chi connectivity index (χ0) is 25.1. The number of fused-ring (bicyclic) bond motifs is 7. The maximum atomic E-state index is 12.8. The molecule has 0 spiro atoms. The molecule has 5 rings (SSSR count). The fourth-order valence-electron chi connectivity index (χ4n) is 11.0. The minimum Gasteiger partial charge on any atom is -0.481 e. The fourth-order valence-corrected chi connectivity index (χ4v) is 11.0. The van der Waals surface area contributed by atoms with Crippen LogP contribution < -0.4 is 0 Å². The second-order valence-corrected chi connectivity index (χ2v) is 14.6. The molecule has 5 aliphatic rings. The first-order valence-electron chi connectivity index (χ1n) is 14.0. The Morgan fingerprint density at radius 2 is 1.62 bits per heavy atom. The van der Waals surface area contributed by atoms with Crippen LogP contribution in [0, 0.1) is 56.7 Å². The first-order valence-corrected chi connectivity index (χ1v) is 14.0. The molecular weight excluding hydrogens is 424 g/mol. The van der Waals surface area contributed by atoms with Crippen molar-refractivity contribution in [3.05, 3.63) is 11.6 Å². The summed E-state index contributed by atoms with van der Waals surface area (Å²) in [7, 11) is 0. The quantitative estimate of drug-likeness (QED) is 0.405. The highest BCUT2D eigenvalue weighted by atomic mass is 16.4. The van der Waals surface area contributed by atoms with Gasteiger partial charge >= 0.3 is 5.97 Å². The predicted molar refractivity (Wildman–Crippen MR) is 134 cm³/mol. The summed E-state index contributed by atoms with van der Waals surface area (Å²) < 4.78 is 0. The van der Waals surface area contributed by atoms with E-state index in [2.05, 4.69) is 54.5 Å². The van der Waals surface area contributed by atoms with Gasteiger partial charge in [-0.1, -0.05) is 60.1 Å². The van der Waals surface area contributed by atoms with Crippen LogP contribution in [0.3, 0.4) is 0 Å². The number of hydrogen-bond donors (Lipinski definition) is 3. The third kappa shape index (κ3) is 2.76. The molecule has 0 aromatic heterocycles. The van der Waals surface area contributed by atoms with Crippen molar-refractivity contribution < 1.29 is 20.1 Å². The molecule has 0 heterocycles. The lowest BCUT2D eigenvalue weighted by atomic mass is 9.33. The highest BCUT2D eigenvalue weighted by Gasteiger charge is 2.70. The summed E-state index contributed by atoms with van der Waals surface area (Å²) in [5.41, 5.74) is 0.574. The second-order valence-electron chi connectivity index (χ2n) is 14.6. The maximum Gasteiger partial charge on any atom is 0.310 e. The minimum atomic E-state index is -0.679. The van der Waals surface area contributed by atoms with Gasteiger partial charge in [0.2, 0.25) is 0 Å². The SMILES string of the molecule is C[C@@H]1[C@H]2C3=CC[C@@H]4[C@@]5(C)C[C@@H](O)[C@H](O)C(C)(C)[C@@H]5CC[C@@]4(C)[C@]3(C)CC[C@@]2(C(=O)O)CC[C@@H]1C. The van der Waals surface area contributed by atoms with Gasteiger partial charge < -0.3 is 15.3 Å². The number of carboxylic acids is 1. The molecule has 0 saturated heterocycles. The number of aliphatic hydroxyl groups is 2. The molecule has 0 aliphatic heterocycles. The number of allylic oxidation sites excluding steroid dienone is 2. The Labute approximate surface area is 206 Å². The smallest absolute Gasteiger partial charge is 0.310 e. The van der Waals surface area contributed by atoms with Crippen LogP contribution in [-0.2, 0) is 4.79 Å². The molecule has 4 heteroatoms. The summed E-state index contributed by atoms with van der Waals surface area (Å²) in [4.78, 5) is 12.8. The van der Waals surface area contributed by atoms with E-state index in [1.807, 2.05) is 0 Å². The van der Waals surface area contributed by atoms with Crippen molar-refractivity contribution in [3.8, 4) is 0 Å². The van der Waals surface area contributed by atoms with E-state index >= 15 is 0 Å². The van der Waals surface area contributed by atoms with Crippen molar-refractivity contribution in [2.24, 2.45) is 56.7 Å². The molecule has 34 heavy (non-hydrogen) atoms. The van der Waals surface area contributed by atoms with Gasteiger partial charge in [0, 0.05) is 0 Å². The van der Waals surface area contributed by atoms with Crippen LogP contribution in [0.5, 0.6) is 0 Å². The Hall–Kier alpha value is -0.870. The lowest BCUT2D eigenvalue weighted by Gasteiger charge is -2.71. The molecule has 4 fully saturated rings. The van der Waals surface area contributed by atoms with Gasteiger partial charge in [0.15, 0.2) is 0 Å². The van der Waals surface area contributed by atoms with E-state index < -0.39 is 23.6 Å². The third-order valence-corrected chi connectivity index (χ3v) is 13.4. The standard InChI is InChI=1S/C30H48O4/c1-17-10-13-30(25(33)34)15-14-28(6)19(23(30)18(17)2)8-9-22-27(5)16-20(31)24(32)26(3,4)21(27)11-12-29(22,28)7/h8,17-18,20-24,31-32H,9-16H2,1-7H3,(H,33,34)/t17-,18-,20+,21-,22+,23-,24-,27-,28+,29+,30-/m0/s1. The first-order chi connectivity index (χ1) is 15.7. The summed E-state index contributed by atoms with van der Waals surface area (Å²) in [6, 6.07) is 0. The van der Waals surface area contributed by atoms with Gasteiger partial charge in [-0.15, -0.1) is 0 Å². The van der Waals surface area contributed by atoms with Crippen molar-refractivity contribution >= 4 is 5.97 Å². The van der Waals surface area contributed by atoms with Crippen molar-refractivity contribution in [2.75, 3.05) is 0 Å². The van der Waals surface area contributed by atoms with Crippen LogP contribution in [0.25, 0.3) is 0 Å². The van der Waals surface area contributed by atoms with Gasteiger partial charge in [-0.2, -0.15) is 0 Å². The number of carbonyl (C=O) groups is 1. The maximum absolute atomic E-state index is 12.8. The third-order valence-electron chi connectivity index (χ3n) is 13.4. The number of rotatable bonds is 1. The van der Waals surface area contributed by atoms with E-state index in [0.29, 0.717) is 30.1 Å². The normalized spacial score (nSPS) is 56.3. The monoisotopic (exact) mass is 472 g/mol. The predicted octanol–water partition coefficient (Wildman–Crippen LogP) is 6.06. The second kappa shape index (κ2) is 7.34. The van der Waals surface area contributed by atoms with Crippen LogP contribution in [0.1, 0.15) is 99.8 Å². The number of carboxylic acid groups (broad SMARTS) is 1. The average molecular weight is 473 g/mol. The zero-order valence-electron chi connectivity index (χ0n) is 22.5. The number of aliphatic carboxylic acids is 1. The first kappa shape index (κ1) is 24.8. The van der Waals surface area contributed by atoms with E-state index in [4.69, 9.17) is 0 Å². The summed E-state index contributed by atoms with van der Waals surface area (Å²) in [6.45, 7) is 16.3. The van der Waals surface area contributed by atoms with Crippen LogP contribution in [-0.4, -0.2) is 33.5 Å². The molecule has 0 unspecified atom stereocenters. The Kier molecular flexibility index (Phi) is 5.36. The fraction of sp³-hybridized carbons (Fsp3) is 0.900. The van der Waals surface area contributed by atoms with Crippen LogP contribution >= 0.6 is 0 Å². The van der Waals surface area contributed by atoms with Crippen molar-refractivity contribution in [3.63, 3.8) is 0 Å². The lowest BCUT2D eigenvalue weighted by molar-refractivity contribution is -0.232. The van der Waals surface area contributed by atoms with Crippen molar-refractivity contribution in [2.45, 2.75) is 112 Å². The van der Waals surface area contributed by atoms with Gasteiger partial charge in [0.05, 0.1) is 17.6 Å². The average Bonchev–Trinajstić information content (AvgIpc) is 2.75. The summed E-state index contributed by atoms with van der Waals surface area (Å²) in [5, 5.41) is 32.4. The van der Waals surface area contributed by atoms with Crippen LogP contribution in [0.15, 0.2) is 11.6 Å². The number of aliphatic hydroxyl groups excluding tert-OH is 2. The summed E-state index contributed by atoms with van der Waals surface area (Å²) in [6.07, 6.45) is 8.53. The number of hydrogen-bond acceptors (Lipinski definition) is 3. The Bertz CT molecular complexity index is 907. The van der Waals surface area contributed by atoms with Crippen LogP contribution in [0.2, 0.25) is 0 Å². The largest absolute Gasteiger partial charge is 0.481 e. The molecule has 0 amide bonds. The van der Waals surface area contributed by atoms with Gasteiger partial charge in [0.1, 0.15) is 0 Å². The Morgan fingerprint density at radius 1 is 0.941 bits per heavy atom. The van der Waals surface area contributed by atoms with E-state index in [-0.39, 0.29) is 27.6 Å². The molecule has 4 saturated carbocycles. The summed E-state index contributed by atoms with van der Waals surface area (Å²) >= 11 is 0. The van der Waals surface area contributed by atoms with Gasteiger partial charge in [0.25, 0.3) is 0 Å². The molecule has 11 atom stereocenters. The Balaban J connectivity index is 1.62. The molecule has 0 radical (unpaired) electrons. The van der Waals surface area contributed by atoms with E-state index in [1.54, 1.807) is 0 Å². The van der Waals surface area contributed by atoms with E-state index in [0.717, 1.165) is 44.9 Å².